The summed E-state index contributed by atoms with van der Waals surface area (Å²) in [7, 11) is 1.70. The molecule has 1 N–H and O–H groups in total. The van der Waals surface area contributed by atoms with E-state index in [2.05, 4.69) is 28.2 Å². The average Bonchev–Trinajstić information content (AvgIpc) is 2.37. The summed E-state index contributed by atoms with van der Waals surface area (Å²) in [6, 6.07) is 5.25. The highest BCUT2D eigenvalue weighted by molar-refractivity contribution is 9.10. The first kappa shape index (κ1) is 15.6. The van der Waals surface area contributed by atoms with E-state index in [9.17, 15) is 4.39 Å². The summed E-state index contributed by atoms with van der Waals surface area (Å²) in [5.74, 6) is 0.365. The Morgan fingerprint density at radius 1 is 1.44 bits per heavy atom. The fraction of sp³-hybridized carbons (Fsp3) is 0.571. The van der Waals surface area contributed by atoms with Crippen molar-refractivity contribution in [2.24, 2.45) is 5.92 Å². The van der Waals surface area contributed by atoms with Crippen molar-refractivity contribution >= 4 is 15.9 Å². The molecule has 4 heteroatoms. The minimum atomic E-state index is -0.204. The molecule has 0 amide bonds. The van der Waals surface area contributed by atoms with Crippen LogP contribution in [0.25, 0.3) is 0 Å². The van der Waals surface area contributed by atoms with Gasteiger partial charge in [-0.25, -0.2) is 4.39 Å². The van der Waals surface area contributed by atoms with E-state index in [0.29, 0.717) is 10.4 Å². The van der Waals surface area contributed by atoms with Crippen molar-refractivity contribution in [3.8, 4) is 0 Å². The monoisotopic (exact) mass is 317 g/mol. The maximum atomic E-state index is 13.1. The molecule has 0 bridgehead atoms. The van der Waals surface area contributed by atoms with Gasteiger partial charge < -0.3 is 10.1 Å². The zero-order valence-corrected chi connectivity index (χ0v) is 12.6. The Labute approximate surface area is 117 Å². The van der Waals surface area contributed by atoms with Gasteiger partial charge in [0.25, 0.3) is 0 Å². The molecular weight excluding hydrogens is 297 g/mol. The molecule has 0 fully saturated rings. The number of nitrogens with one attached hydrogen (secondary N) is 1. The average molecular weight is 318 g/mol. The summed E-state index contributed by atoms with van der Waals surface area (Å²) >= 11 is 3.22. The topological polar surface area (TPSA) is 21.3 Å². The van der Waals surface area contributed by atoms with Gasteiger partial charge in [0.1, 0.15) is 5.82 Å². The molecule has 0 saturated heterocycles. The number of halogens is 2. The van der Waals surface area contributed by atoms with Gasteiger partial charge in [0.15, 0.2) is 0 Å². The van der Waals surface area contributed by atoms with E-state index in [1.165, 1.54) is 11.6 Å². The third-order valence-corrected chi connectivity index (χ3v) is 3.61. The van der Waals surface area contributed by atoms with Gasteiger partial charge in [0.05, 0.1) is 11.1 Å². The predicted molar refractivity (Wildman–Crippen MR) is 76.3 cm³/mol. The Morgan fingerprint density at radius 3 is 2.83 bits per heavy atom. The largest absolute Gasteiger partial charge is 0.383 e. The minimum Gasteiger partial charge on any atom is -0.383 e. The lowest BCUT2D eigenvalue weighted by Crippen LogP contribution is -2.27. The van der Waals surface area contributed by atoms with Gasteiger partial charge >= 0.3 is 0 Å². The summed E-state index contributed by atoms with van der Waals surface area (Å²) < 4.78 is 18.7. The third kappa shape index (κ3) is 5.46. The van der Waals surface area contributed by atoms with Crippen LogP contribution < -0.4 is 5.32 Å². The van der Waals surface area contributed by atoms with E-state index in [-0.39, 0.29) is 5.82 Å². The maximum Gasteiger partial charge on any atom is 0.137 e. The molecule has 0 aliphatic heterocycles. The minimum absolute atomic E-state index is 0.204. The van der Waals surface area contributed by atoms with E-state index in [4.69, 9.17) is 4.74 Å². The molecule has 0 radical (unpaired) electrons. The van der Waals surface area contributed by atoms with Crippen LogP contribution in [0.3, 0.4) is 0 Å². The zero-order chi connectivity index (χ0) is 13.4. The first-order chi connectivity index (χ1) is 8.67. The van der Waals surface area contributed by atoms with E-state index in [1.807, 2.05) is 12.1 Å². The van der Waals surface area contributed by atoms with Crippen molar-refractivity contribution in [3.05, 3.63) is 34.1 Å². The second-order valence-corrected chi connectivity index (χ2v) is 5.28. The lowest BCUT2D eigenvalue weighted by Gasteiger charge is -2.16. The molecule has 0 spiro atoms. The van der Waals surface area contributed by atoms with Crippen LogP contribution >= 0.6 is 15.9 Å². The van der Waals surface area contributed by atoms with Crippen LogP contribution in [0.15, 0.2) is 22.7 Å². The Morgan fingerprint density at radius 2 is 2.22 bits per heavy atom. The highest BCUT2D eigenvalue weighted by Gasteiger charge is 2.08. The number of methoxy groups -OCH3 is 1. The summed E-state index contributed by atoms with van der Waals surface area (Å²) in [6.07, 6.45) is 2.07. The quantitative estimate of drug-likeness (QED) is 0.742. The molecule has 0 aromatic heterocycles. The molecule has 1 unspecified atom stereocenters. The summed E-state index contributed by atoms with van der Waals surface area (Å²) in [4.78, 5) is 0. The third-order valence-electron chi connectivity index (χ3n) is 3.00. The normalized spacial score (nSPS) is 12.7. The lowest BCUT2D eigenvalue weighted by molar-refractivity contribution is 0.197. The smallest absolute Gasteiger partial charge is 0.137 e. The molecule has 1 aromatic carbocycles. The Bertz CT molecular complexity index is 360. The summed E-state index contributed by atoms with van der Waals surface area (Å²) in [6.45, 7) is 4.76. The fourth-order valence-corrected chi connectivity index (χ4v) is 2.27. The molecule has 18 heavy (non-hydrogen) atoms. The molecule has 1 atom stereocenters. The molecule has 0 aliphatic carbocycles. The molecule has 0 aliphatic rings. The summed E-state index contributed by atoms with van der Waals surface area (Å²) in [5.41, 5.74) is 1.17. The Balaban J connectivity index is 2.44. The van der Waals surface area contributed by atoms with E-state index >= 15 is 0 Å². The van der Waals surface area contributed by atoms with E-state index < -0.39 is 0 Å². The molecule has 1 rings (SSSR count). The van der Waals surface area contributed by atoms with Crippen LogP contribution in [0.1, 0.15) is 18.9 Å². The van der Waals surface area contributed by atoms with Crippen molar-refractivity contribution in [1.29, 1.82) is 0 Å². The van der Waals surface area contributed by atoms with Crippen LogP contribution in [0.5, 0.6) is 0 Å². The van der Waals surface area contributed by atoms with Crippen molar-refractivity contribution in [3.63, 3.8) is 0 Å². The molecular formula is C14H21BrFNO. The van der Waals surface area contributed by atoms with Gasteiger partial charge in [-0.2, -0.15) is 0 Å². The maximum absolute atomic E-state index is 13.1. The predicted octanol–water partition coefficient (Wildman–Crippen LogP) is 3.39. The second kappa shape index (κ2) is 8.62. The van der Waals surface area contributed by atoms with Crippen LogP contribution in [0.2, 0.25) is 0 Å². The molecule has 102 valence electrons. The number of benzene rings is 1. The highest BCUT2D eigenvalue weighted by atomic mass is 79.9. The SMILES string of the molecule is CCC(CNCCOC)Cc1ccc(F)c(Br)c1. The van der Waals surface area contributed by atoms with Gasteiger partial charge in [-0.15, -0.1) is 0 Å². The molecule has 1 aromatic rings. The summed E-state index contributed by atoms with van der Waals surface area (Å²) in [5, 5.41) is 3.37. The first-order valence-corrected chi connectivity index (χ1v) is 7.10. The van der Waals surface area contributed by atoms with Crippen molar-refractivity contribution in [2.45, 2.75) is 19.8 Å². The number of hydrogen-bond donors (Lipinski definition) is 1. The molecule has 0 saturated carbocycles. The van der Waals surface area contributed by atoms with Gasteiger partial charge in [-0.3, -0.25) is 0 Å². The lowest BCUT2D eigenvalue weighted by atomic mass is 9.97. The van der Waals surface area contributed by atoms with Gasteiger partial charge in [0.2, 0.25) is 0 Å². The highest BCUT2D eigenvalue weighted by Crippen LogP contribution is 2.19. The number of ether oxygens (including phenoxy) is 1. The molecule has 0 heterocycles. The van der Waals surface area contributed by atoms with Gasteiger partial charge in [-0.1, -0.05) is 19.4 Å². The van der Waals surface area contributed by atoms with Gasteiger partial charge in [-0.05, 0) is 52.5 Å². The van der Waals surface area contributed by atoms with Crippen LogP contribution in [0.4, 0.5) is 4.39 Å². The standard InChI is InChI=1S/C14H21BrFNO/c1-3-11(10-17-6-7-18-2)8-12-4-5-14(16)13(15)9-12/h4-5,9,11,17H,3,6-8,10H2,1-2H3. The van der Waals surface area contributed by atoms with Crippen molar-refractivity contribution in [1.82, 2.24) is 5.32 Å². The zero-order valence-electron chi connectivity index (χ0n) is 11.0. The van der Waals surface area contributed by atoms with Crippen molar-refractivity contribution < 1.29 is 9.13 Å². The van der Waals surface area contributed by atoms with Gasteiger partial charge in [0, 0.05) is 13.7 Å². The van der Waals surface area contributed by atoms with Crippen LogP contribution in [-0.4, -0.2) is 26.8 Å². The first-order valence-electron chi connectivity index (χ1n) is 6.31. The van der Waals surface area contributed by atoms with Crippen molar-refractivity contribution in [2.75, 3.05) is 26.8 Å². The Kier molecular flexibility index (Phi) is 7.47. The fourth-order valence-electron chi connectivity index (χ4n) is 1.84. The van der Waals surface area contributed by atoms with E-state index in [0.717, 1.165) is 32.5 Å². The molecule has 2 nitrogen and oxygen atoms in total. The van der Waals surface area contributed by atoms with E-state index in [1.54, 1.807) is 7.11 Å². The number of rotatable bonds is 8. The van der Waals surface area contributed by atoms with Crippen LogP contribution in [0, 0.1) is 11.7 Å². The Hall–Kier alpha value is -0.450. The second-order valence-electron chi connectivity index (χ2n) is 4.42. The van der Waals surface area contributed by atoms with Crippen LogP contribution in [-0.2, 0) is 11.2 Å². The number of hydrogen-bond acceptors (Lipinski definition) is 2.